The third-order valence-electron chi connectivity index (χ3n) is 6.35. The molecule has 0 aliphatic rings. The molecular weight excluding hydrogens is 557 g/mol. The average Bonchev–Trinajstić information content (AvgIpc) is 2.89. The van der Waals surface area contributed by atoms with Crippen LogP contribution in [0.3, 0.4) is 0 Å². The Kier molecular flexibility index (Phi) is 10.4. The van der Waals surface area contributed by atoms with E-state index in [0.717, 1.165) is 21.9 Å². The summed E-state index contributed by atoms with van der Waals surface area (Å²) in [6, 6.07) is 18.8. The Balaban J connectivity index is 2.05. The van der Waals surface area contributed by atoms with Gasteiger partial charge in [-0.2, -0.15) is 0 Å². The maximum absolute atomic E-state index is 13.9. The van der Waals surface area contributed by atoms with E-state index < -0.39 is 28.5 Å². The molecule has 0 aromatic heterocycles. The fraction of sp³-hybridized carbons (Fsp3) is 0.310. The molecule has 0 fully saturated rings. The fourth-order valence-corrected chi connectivity index (χ4v) is 5.92. The monoisotopic (exact) mass is 589 g/mol. The number of hydrogen-bond acceptors (Lipinski definition) is 4. The zero-order valence-corrected chi connectivity index (χ0v) is 24.7. The van der Waals surface area contributed by atoms with Gasteiger partial charge in [-0.1, -0.05) is 78.2 Å². The van der Waals surface area contributed by atoms with E-state index in [-0.39, 0.29) is 39.1 Å². The lowest BCUT2D eigenvalue weighted by Gasteiger charge is -2.32. The second-order valence-corrected chi connectivity index (χ2v) is 12.2. The van der Waals surface area contributed by atoms with Gasteiger partial charge in [-0.25, -0.2) is 8.42 Å². The summed E-state index contributed by atoms with van der Waals surface area (Å²) in [5.41, 5.74) is 1.95. The predicted octanol–water partition coefficient (Wildman–Crippen LogP) is 5.83. The second-order valence-electron chi connectivity index (χ2n) is 9.46. The Hall–Kier alpha value is -3.07. The highest BCUT2D eigenvalue weighted by Crippen LogP contribution is 2.30. The molecule has 2 amide bonds. The molecule has 39 heavy (non-hydrogen) atoms. The minimum atomic E-state index is -4.20. The Morgan fingerprint density at radius 2 is 1.56 bits per heavy atom. The van der Waals surface area contributed by atoms with Gasteiger partial charge in [-0.05, 0) is 63.1 Å². The molecule has 0 spiro atoms. The molecule has 2 atom stereocenters. The molecule has 1 N–H and O–H groups in total. The number of benzene rings is 3. The topological polar surface area (TPSA) is 86.8 Å². The standard InChI is InChI=1S/C29H33Cl2N3O4S/c1-5-21(3)32-29(36)22(4)33(18-23-11-9-10-20(2)14-23)28(35)19-34(26-16-24(30)15-25(31)17-26)39(37,38)27-12-7-6-8-13-27/h6-17,21-22H,5,18-19H2,1-4H3,(H,32,36). The van der Waals surface area contributed by atoms with E-state index in [2.05, 4.69) is 5.32 Å². The number of nitrogens with one attached hydrogen (secondary N) is 1. The van der Waals surface area contributed by atoms with Crippen molar-refractivity contribution >= 4 is 50.7 Å². The summed E-state index contributed by atoms with van der Waals surface area (Å²) in [5.74, 6) is -0.882. The Morgan fingerprint density at radius 3 is 2.15 bits per heavy atom. The number of carbonyl (C=O) groups excluding carboxylic acids is 2. The van der Waals surface area contributed by atoms with Crippen LogP contribution in [0.5, 0.6) is 0 Å². The molecule has 0 saturated carbocycles. The molecular formula is C29H33Cl2N3O4S. The number of aryl methyl sites for hydroxylation is 1. The SMILES string of the molecule is CCC(C)NC(=O)C(C)N(Cc1cccc(C)c1)C(=O)CN(c1cc(Cl)cc(Cl)c1)S(=O)(=O)c1ccccc1. The molecule has 0 aliphatic heterocycles. The van der Waals surface area contributed by atoms with Gasteiger partial charge >= 0.3 is 0 Å². The second kappa shape index (κ2) is 13.3. The van der Waals surface area contributed by atoms with Gasteiger partial charge in [0, 0.05) is 22.6 Å². The molecule has 7 nitrogen and oxygen atoms in total. The van der Waals surface area contributed by atoms with Crippen LogP contribution in [0.2, 0.25) is 10.0 Å². The van der Waals surface area contributed by atoms with Crippen LogP contribution in [0.4, 0.5) is 5.69 Å². The van der Waals surface area contributed by atoms with Gasteiger partial charge < -0.3 is 10.2 Å². The molecule has 3 aromatic rings. The average molecular weight is 591 g/mol. The van der Waals surface area contributed by atoms with E-state index in [4.69, 9.17) is 23.2 Å². The van der Waals surface area contributed by atoms with Gasteiger partial charge in [0.05, 0.1) is 10.6 Å². The smallest absolute Gasteiger partial charge is 0.264 e. The van der Waals surface area contributed by atoms with E-state index in [0.29, 0.717) is 0 Å². The lowest BCUT2D eigenvalue weighted by atomic mass is 10.1. The third kappa shape index (κ3) is 7.97. The summed E-state index contributed by atoms with van der Waals surface area (Å²) in [7, 11) is -4.20. The van der Waals surface area contributed by atoms with Gasteiger partial charge in [-0.15, -0.1) is 0 Å². The van der Waals surface area contributed by atoms with Crippen LogP contribution >= 0.6 is 23.2 Å². The summed E-state index contributed by atoms with van der Waals surface area (Å²) in [6.45, 7) is 6.96. The fourth-order valence-electron chi connectivity index (χ4n) is 3.99. The van der Waals surface area contributed by atoms with Crippen LogP contribution in [0.15, 0.2) is 77.7 Å². The maximum atomic E-state index is 13.9. The molecule has 3 aromatic carbocycles. The van der Waals surface area contributed by atoms with Crippen molar-refractivity contribution in [3.63, 3.8) is 0 Å². The van der Waals surface area contributed by atoms with Crippen molar-refractivity contribution in [3.05, 3.63) is 94.0 Å². The maximum Gasteiger partial charge on any atom is 0.264 e. The minimum Gasteiger partial charge on any atom is -0.352 e. The summed E-state index contributed by atoms with van der Waals surface area (Å²) in [5, 5.41) is 3.36. The number of sulfonamides is 1. The van der Waals surface area contributed by atoms with Gasteiger partial charge in [0.2, 0.25) is 11.8 Å². The van der Waals surface area contributed by atoms with Crippen molar-refractivity contribution in [3.8, 4) is 0 Å². The van der Waals surface area contributed by atoms with Crippen molar-refractivity contribution < 1.29 is 18.0 Å². The highest BCUT2D eigenvalue weighted by molar-refractivity contribution is 7.92. The first-order chi connectivity index (χ1) is 18.4. The highest BCUT2D eigenvalue weighted by Gasteiger charge is 2.33. The van der Waals surface area contributed by atoms with Crippen molar-refractivity contribution in [2.24, 2.45) is 0 Å². The molecule has 3 rings (SSSR count). The molecule has 10 heteroatoms. The zero-order valence-electron chi connectivity index (χ0n) is 22.4. The van der Waals surface area contributed by atoms with Crippen LogP contribution in [0.25, 0.3) is 0 Å². The Morgan fingerprint density at radius 1 is 0.923 bits per heavy atom. The lowest BCUT2D eigenvalue weighted by molar-refractivity contribution is -0.139. The zero-order chi connectivity index (χ0) is 28.7. The minimum absolute atomic E-state index is 0.00157. The number of halogens is 2. The molecule has 0 saturated heterocycles. The molecule has 0 radical (unpaired) electrons. The third-order valence-corrected chi connectivity index (χ3v) is 8.57. The van der Waals surface area contributed by atoms with Gasteiger partial charge in [0.1, 0.15) is 12.6 Å². The number of carbonyl (C=O) groups is 2. The molecule has 0 heterocycles. The first-order valence-electron chi connectivity index (χ1n) is 12.6. The van der Waals surface area contributed by atoms with Crippen molar-refractivity contribution in [1.29, 1.82) is 0 Å². The van der Waals surface area contributed by atoms with E-state index in [1.165, 1.54) is 35.2 Å². The summed E-state index contributed by atoms with van der Waals surface area (Å²) in [6.07, 6.45) is 0.725. The quantitative estimate of drug-likeness (QED) is 0.305. The predicted molar refractivity (Wildman–Crippen MR) is 157 cm³/mol. The number of rotatable bonds is 11. The lowest BCUT2D eigenvalue weighted by Crippen LogP contribution is -2.52. The van der Waals surface area contributed by atoms with Gasteiger partial charge in [-0.3, -0.25) is 13.9 Å². The first-order valence-corrected chi connectivity index (χ1v) is 14.8. The van der Waals surface area contributed by atoms with Crippen LogP contribution in [-0.4, -0.2) is 43.8 Å². The summed E-state index contributed by atoms with van der Waals surface area (Å²) < 4.78 is 28.6. The molecule has 0 bridgehead atoms. The number of amides is 2. The number of hydrogen-bond donors (Lipinski definition) is 1. The van der Waals surface area contributed by atoms with Crippen molar-refractivity contribution in [2.45, 2.75) is 57.6 Å². The highest BCUT2D eigenvalue weighted by atomic mass is 35.5. The first kappa shape index (κ1) is 30.5. The van der Waals surface area contributed by atoms with Crippen LogP contribution in [0, 0.1) is 6.92 Å². The Labute approximate surface area is 240 Å². The normalized spacial score (nSPS) is 12.9. The van der Waals surface area contributed by atoms with E-state index in [1.807, 2.05) is 45.0 Å². The van der Waals surface area contributed by atoms with E-state index in [1.54, 1.807) is 25.1 Å². The van der Waals surface area contributed by atoms with Crippen LogP contribution in [-0.2, 0) is 26.2 Å². The summed E-state index contributed by atoms with van der Waals surface area (Å²) >= 11 is 12.4. The van der Waals surface area contributed by atoms with Crippen molar-refractivity contribution in [2.75, 3.05) is 10.8 Å². The number of nitrogens with zero attached hydrogens (tertiary/aromatic N) is 2. The largest absolute Gasteiger partial charge is 0.352 e. The molecule has 2 unspecified atom stereocenters. The van der Waals surface area contributed by atoms with E-state index in [9.17, 15) is 18.0 Å². The molecule has 0 aliphatic carbocycles. The molecule has 208 valence electrons. The van der Waals surface area contributed by atoms with E-state index >= 15 is 0 Å². The van der Waals surface area contributed by atoms with Crippen molar-refractivity contribution in [1.82, 2.24) is 10.2 Å². The van der Waals surface area contributed by atoms with Gasteiger partial charge in [0.25, 0.3) is 10.0 Å². The van der Waals surface area contributed by atoms with Gasteiger partial charge in [0.15, 0.2) is 0 Å². The number of anilines is 1. The summed E-state index contributed by atoms with van der Waals surface area (Å²) in [4.78, 5) is 28.4. The van der Waals surface area contributed by atoms with Crippen LogP contribution in [0.1, 0.15) is 38.3 Å². The van der Waals surface area contributed by atoms with Crippen LogP contribution < -0.4 is 9.62 Å². The Bertz CT molecular complexity index is 1400.